The molecule has 25 heavy (non-hydrogen) atoms. The number of aliphatic imine (C=N–C) groups is 1. The molecule has 4 N–H and O–H groups in total. The van der Waals surface area contributed by atoms with E-state index in [1.165, 1.54) is 11.6 Å². The molecule has 2 rings (SSSR count). The van der Waals surface area contributed by atoms with Gasteiger partial charge in [0.2, 0.25) is 0 Å². The number of nitrogens with two attached hydrogens (primary N) is 1. The average molecular weight is 342 g/mol. The Balaban J connectivity index is 1.81. The second-order valence-electron chi connectivity index (χ2n) is 5.67. The Morgan fingerprint density at radius 3 is 2.76 bits per heavy atom. The number of benzene rings is 2. The third-order valence-corrected chi connectivity index (χ3v) is 3.72. The van der Waals surface area contributed by atoms with Gasteiger partial charge in [0, 0.05) is 17.8 Å². The summed E-state index contributed by atoms with van der Waals surface area (Å²) < 4.78 is 13.5. The van der Waals surface area contributed by atoms with Crippen molar-refractivity contribution in [3.63, 3.8) is 0 Å². The first-order valence-corrected chi connectivity index (χ1v) is 8.20. The van der Waals surface area contributed by atoms with Crippen molar-refractivity contribution in [1.29, 1.82) is 0 Å². The van der Waals surface area contributed by atoms with Gasteiger partial charge in [-0.2, -0.15) is 0 Å². The van der Waals surface area contributed by atoms with Crippen LogP contribution in [0.25, 0.3) is 0 Å². The summed E-state index contributed by atoms with van der Waals surface area (Å²) in [5.41, 5.74) is 8.71. The zero-order valence-corrected chi connectivity index (χ0v) is 14.5. The number of carbonyl (C=O) groups is 1. The Labute approximate surface area is 147 Å². The molecule has 2 aromatic carbocycles. The monoisotopic (exact) mass is 342 g/mol. The summed E-state index contributed by atoms with van der Waals surface area (Å²) in [5, 5.41) is 5.70. The molecule has 0 aliphatic carbocycles. The van der Waals surface area contributed by atoms with E-state index < -0.39 is 5.82 Å². The summed E-state index contributed by atoms with van der Waals surface area (Å²) in [6.45, 7) is 4.37. The predicted molar refractivity (Wildman–Crippen MR) is 99.4 cm³/mol. The molecule has 0 fully saturated rings. The van der Waals surface area contributed by atoms with Gasteiger partial charge in [-0.25, -0.2) is 4.39 Å². The molecule has 0 heterocycles. The predicted octanol–water partition coefficient (Wildman–Crippen LogP) is 2.85. The van der Waals surface area contributed by atoms with E-state index in [4.69, 9.17) is 5.73 Å². The highest BCUT2D eigenvalue weighted by atomic mass is 19.1. The van der Waals surface area contributed by atoms with Crippen LogP contribution in [0.15, 0.2) is 47.5 Å². The largest absolute Gasteiger partial charge is 0.370 e. The summed E-state index contributed by atoms with van der Waals surface area (Å²) >= 11 is 0. The fraction of sp³-hybridized carbons (Fsp3) is 0.263. The first-order valence-electron chi connectivity index (χ1n) is 8.20. The lowest BCUT2D eigenvalue weighted by Crippen LogP contribution is -2.28. The molecule has 0 radical (unpaired) electrons. The molecule has 0 atom stereocenters. The van der Waals surface area contributed by atoms with E-state index in [1.54, 1.807) is 19.1 Å². The molecule has 6 heteroatoms. The number of carbonyl (C=O) groups excluding carboxylic acids is 1. The molecule has 2 aromatic rings. The fourth-order valence-electron chi connectivity index (χ4n) is 2.24. The van der Waals surface area contributed by atoms with Gasteiger partial charge in [-0.3, -0.25) is 9.79 Å². The lowest BCUT2D eigenvalue weighted by Gasteiger charge is -2.08. The molecule has 0 aliphatic heterocycles. The number of hydrogen-bond acceptors (Lipinski definition) is 2. The molecule has 0 bridgehead atoms. The Bertz CT molecular complexity index is 774. The van der Waals surface area contributed by atoms with Crippen LogP contribution in [0.2, 0.25) is 0 Å². The zero-order chi connectivity index (χ0) is 18.2. The first-order chi connectivity index (χ1) is 12.0. The zero-order valence-electron chi connectivity index (χ0n) is 14.5. The number of guanidine groups is 1. The van der Waals surface area contributed by atoms with Crippen molar-refractivity contribution in [2.24, 2.45) is 10.7 Å². The van der Waals surface area contributed by atoms with E-state index in [1.807, 2.05) is 24.3 Å². The second-order valence-corrected chi connectivity index (χ2v) is 5.67. The van der Waals surface area contributed by atoms with Crippen LogP contribution < -0.4 is 16.4 Å². The van der Waals surface area contributed by atoms with Crippen molar-refractivity contribution in [2.75, 3.05) is 18.4 Å². The molecule has 0 unspecified atom stereocenters. The van der Waals surface area contributed by atoms with Crippen molar-refractivity contribution in [2.45, 2.75) is 20.3 Å². The molecule has 0 aromatic heterocycles. The minimum Gasteiger partial charge on any atom is -0.370 e. The Hall–Kier alpha value is -2.89. The van der Waals surface area contributed by atoms with Crippen LogP contribution in [0, 0.1) is 12.7 Å². The van der Waals surface area contributed by atoms with Gasteiger partial charge < -0.3 is 16.4 Å². The van der Waals surface area contributed by atoms with Crippen LogP contribution >= 0.6 is 0 Å². The van der Waals surface area contributed by atoms with E-state index in [2.05, 4.69) is 22.5 Å². The van der Waals surface area contributed by atoms with Gasteiger partial charge in [0.1, 0.15) is 5.82 Å². The molecule has 0 spiro atoms. The van der Waals surface area contributed by atoms with Crippen LogP contribution in [0.4, 0.5) is 10.1 Å². The molecule has 0 saturated carbocycles. The summed E-state index contributed by atoms with van der Waals surface area (Å²) in [4.78, 5) is 16.1. The van der Waals surface area contributed by atoms with Crippen LogP contribution in [0.5, 0.6) is 0 Å². The third kappa shape index (κ3) is 5.60. The topological polar surface area (TPSA) is 79.5 Å². The van der Waals surface area contributed by atoms with Crippen molar-refractivity contribution in [3.8, 4) is 0 Å². The van der Waals surface area contributed by atoms with Gasteiger partial charge in [0.15, 0.2) is 5.96 Å². The van der Waals surface area contributed by atoms with Crippen LogP contribution in [0.1, 0.15) is 28.4 Å². The van der Waals surface area contributed by atoms with Gasteiger partial charge in [0.25, 0.3) is 5.91 Å². The summed E-state index contributed by atoms with van der Waals surface area (Å²) in [6.07, 6.45) is 0.943. The van der Waals surface area contributed by atoms with Gasteiger partial charge >= 0.3 is 0 Å². The highest BCUT2D eigenvalue weighted by molar-refractivity contribution is 5.94. The van der Waals surface area contributed by atoms with Crippen molar-refractivity contribution >= 4 is 17.6 Å². The number of nitrogens with zero attached hydrogens (tertiary/aromatic N) is 1. The molecule has 0 saturated heterocycles. The van der Waals surface area contributed by atoms with E-state index in [9.17, 15) is 9.18 Å². The number of halogens is 1. The van der Waals surface area contributed by atoms with Crippen LogP contribution in [-0.2, 0) is 6.42 Å². The molecule has 1 amide bonds. The number of rotatable bonds is 6. The van der Waals surface area contributed by atoms with E-state index in [0.29, 0.717) is 18.7 Å². The number of hydrogen-bond donors (Lipinski definition) is 3. The van der Waals surface area contributed by atoms with Gasteiger partial charge in [-0.05, 0) is 48.7 Å². The molecule has 0 aliphatic rings. The smallest absolute Gasteiger partial charge is 0.251 e. The fourth-order valence-corrected chi connectivity index (χ4v) is 2.24. The SMILES string of the molecule is CCc1cccc(NC(N)=NCCNC(=O)c2ccc(C)c(F)c2)c1. The summed E-state index contributed by atoms with van der Waals surface area (Å²) in [6, 6.07) is 12.3. The normalized spacial score (nSPS) is 11.2. The third-order valence-electron chi connectivity index (χ3n) is 3.72. The Morgan fingerprint density at radius 2 is 2.04 bits per heavy atom. The van der Waals surface area contributed by atoms with E-state index in [0.717, 1.165) is 12.1 Å². The second kappa shape index (κ2) is 8.82. The van der Waals surface area contributed by atoms with Crippen molar-refractivity contribution < 1.29 is 9.18 Å². The van der Waals surface area contributed by atoms with E-state index in [-0.39, 0.29) is 17.4 Å². The molecular weight excluding hydrogens is 319 g/mol. The summed E-state index contributed by atoms with van der Waals surface area (Å²) in [7, 11) is 0. The molecule has 5 nitrogen and oxygen atoms in total. The number of nitrogens with one attached hydrogen (secondary N) is 2. The standard InChI is InChI=1S/C19H23FN4O/c1-3-14-5-4-6-16(11-14)24-19(21)23-10-9-22-18(25)15-8-7-13(2)17(20)12-15/h4-8,11-12H,3,9-10H2,1-2H3,(H,22,25)(H3,21,23,24). The number of amides is 1. The maximum atomic E-state index is 13.5. The minimum absolute atomic E-state index is 0.281. The Morgan fingerprint density at radius 1 is 1.24 bits per heavy atom. The average Bonchev–Trinajstić information content (AvgIpc) is 2.61. The van der Waals surface area contributed by atoms with E-state index >= 15 is 0 Å². The van der Waals surface area contributed by atoms with Crippen molar-refractivity contribution in [3.05, 3.63) is 65.0 Å². The molecular formula is C19H23FN4O. The van der Waals surface area contributed by atoms with Crippen LogP contribution in [-0.4, -0.2) is 25.0 Å². The lowest BCUT2D eigenvalue weighted by atomic mass is 10.1. The summed E-state index contributed by atoms with van der Waals surface area (Å²) in [5.74, 6) is -0.450. The quantitative estimate of drug-likeness (QED) is 0.429. The highest BCUT2D eigenvalue weighted by Crippen LogP contribution is 2.10. The maximum Gasteiger partial charge on any atom is 0.251 e. The van der Waals surface area contributed by atoms with Gasteiger partial charge in [-0.1, -0.05) is 25.1 Å². The minimum atomic E-state index is -0.395. The van der Waals surface area contributed by atoms with Crippen molar-refractivity contribution in [1.82, 2.24) is 5.32 Å². The van der Waals surface area contributed by atoms with Crippen LogP contribution in [0.3, 0.4) is 0 Å². The highest BCUT2D eigenvalue weighted by Gasteiger charge is 2.07. The number of aryl methyl sites for hydroxylation is 2. The Kier molecular flexibility index (Phi) is 6.51. The first kappa shape index (κ1) is 18.4. The number of anilines is 1. The lowest BCUT2D eigenvalue weighted by molar-refractivity contribution is 0.0954. The molecule has 132 valence electrons. The maximum absolute atomic E-state index is 13.5. The van der Waals surface area contributed by atoms with Gasteiger partial charge in [-0.15, -0.1) is 0 Å². The van der Waals surface area contributed by atoms with Gasteiger partial charge in [0.05, 0.1) is 6.54 Å².